The average molecular weight is 468 g/mol. The van der Waals surface area contributed by atoms with Gasteiger partial charge in [0.05, 0.1) is 18.8 Å². The van der Waals surface area contributed by atoms with Gasteiger partial charge >= 0.3 is 0 Å². The molecule has 0 saturated heterocycles. The Bertz CT molecular complexity index is 1120. The first-order chi connectivity index (χ1) is 15.8. The van der Waals surface area contributed by atoms with Crippen molar-refractivity contribution in [3.05, 3.63) is 58.9 Å². The Balaban J connectivity index is 1.54. The topological polar surface area (TPSA) is 98.1 Å². The van der Waals surface area contributed by atoms with E-state index in [1.807, 2.05) is 39.8 Å². The normalized spacial score (nSPS) is 10.7. The first kappa shape index (κ1) is 24.3. The van der Waals surface area contributed by atoms with Gasteiger partial charge in [-0.1, -0.05) is 29.5 Å². The maximum atomic E-state index is 12.5. The summed E-state index contributed by atoms with van der Waals surface area (Å²) in [4.78, 5) is 24.9. The van der Waals surface area contributed by atoms with Crippen LogP contribution >= 0.6 is 11.8 Å². The van der Waals surface area contributed by atoms with E-state index in [4.69, 9.17) is 4.74 Å². The van der Waals surface area contributed by atoms with Crippen molar-refractivity contribution in [3.63, 3.8) is 0 Å². The monoisotopic (exact) mass is 467 g/mol. The summed E-state index contributed by atoms with van der Waals surface area (Å²) < 4.78 is 7.14. The number of carbonyl (C=O) groups excluding carboxylic acids is 2. The molecule has 0 atom stereocenters. The molecule has 0 radical (unpaired) electrons. The lowest BCUT2D eigenvalue weighted by atomic mass is 10.1. The third kappa shape index (κ3) is 6.58. The van der Waals surface area contributed by atoms with Gasteiger partial charge in [0, 0.05) is 18.4 Å². The van der Waals surface area contributed by atoms with E-state index in [9.17, 15) is 9.59 Å². The van der Waals surface area contributed by atoms with Crippen molar-refractivity contribution in [2.75, 3.05) is 23.0 Å². The second kappa shape index (κ2) is 11.0. The molecule has 0 bridgehead atoms. The Kier molecular flexibility index (Phi) is 8.11. The molecule has 0 unspecified atom stereocenters. The van der Waals surface area contributed by atoms with Gasteiger partial charge in [-0.05, 0) is 63.1 Å². The summed E-state index contributed by atoms with van der Waals surface area (Å²) in [5, 5.41) is 14.6. The largest absolute Gasteiger partial charge is 0.494 e. The predicted octanol–water partition coefficient (Wildman–Crippen LogP) is 4.05. The number of rotatable bonds is 9. The van der Waals surface area contributed by atoms with Gasteiger partial charge in [0.2, 0.25) is 11.8 Å². The minimum Gasteiger partial charge on any atom is -0.494 e. The number of anilines is 2. The Morgan fingerprint density at radius 2 is 1.67 bits per heavy atom. The zero-order valence-corrected chi connectivity index (χ0v) is 20.4. The fourth-order valence-corrected chi connectivity index (χ4v) is 4.19. The van der Waals surface area contributed by atoms with E-state index in [0.717, 1.165) is 28.1 Å². The summed E-state index contributed by atoms with van der Waals surface area (Å²) >= 11 is 1.28. The summed E-state index contributed by atoms with van der Waals surface area (Å²) in [6, 6.07) is 11.3. The van der Waals surface area contributed by atoms with E-state index in [0.29, 0.717) is 23.3 Å². The minimum atomic E-state index is -0.200. The highest BCUT2D eigenvalue weighted by Crippen LogP contribution is 2.23. The van der Waals surface area contributed by atoms with Crippen molar-refractivity contribution in [1.82, 2.24) is 14.8 Å². The highest BCUT2D eigenvalue weighted by Gasteiger charge is 2.15. The number of aryl methyl sites for hydroxylation is 3. The van der Waals surface area contributed by atoms with Gasteiger partial charge in [-0.2, -0.15) is 0 Å². The highest BCUT2D eigenvalue weighted by molar-refractivity contribution is 7.99. The summed E-state index contributed by atoms with van der Waals surface area (Å²) in [7, 11) is 1.79. The zero-order chi connectivity index (χ0) is 24.0. The second-order valence-electron chi connectivity index (χ2n) is 7.75. The first-order valence-corrected chi connectivity index (χ1v) is 11.7. The molecule has 0 aliphatic heterocycles. The Morgan fingerprint density at radius 1 is 1.00 bits per heavy atom. The van der Waals surface area contributed by atoms with Crippen LogP contribution in [-0.4, -0.2) is 38.9 Å². The van der Waals surface area contributed by atoms with Crippen LogP contribution in [0.5, 0.6) is 5.75 Å². The molecule has 0 fully saturated rings. The van der Waals surface area contributed by atoms with Gasteiger partial charge in [-0.15, -0.1) is 10.2 Å². The molecule has 3 aromatic rings. The number of hydrogen-bond acceptors (Lipinski definition) is 6. The molecule has 3 rings (SSSR count). The fraction of sp³-hybridized carbons (Fsp3) is 0.333. The second-order valence-corrected chi connectivity index (χ2v) is 8.69. The Labute approximate surface area is 198 Å². The van der Waals surface area contributed by atoms with Crippen molar-refractivity contribution in [2.45, 2.75) is 39.3 Å². The van der Waals surface area contributed by atoms with Crippen LogP contribution in [0.3, 0.4) is 0 Å². The summed E-state index contributed by atoms with van der Waals surface area (Å²) in [6.45, 7) is 8.50. The van der Waals surface area contributed by atoms with Gasteiger partial charge in [0.15, 0.2) is 5.16 Å². The molecule has 2 aromatic carbocycles. The van der Waals surface area contributed by atoms with Crippen molar-refractivity contribution in [3.8, 4) is 5.75 Å². The third-order valence-electron chi connectivity index (χ3n) is 4.97. The van der Waals surface area contributed by atoms with Gasteiger partial charge < -0.3 is 19.9 Å². The number of nitrogens with one attached hydrogen (secondary N) is 2. The lowest BCUT2D eigenvalue weighted by molar-refractivity contribution is -0.116. The molecule has 2 N–H and O–H groups in total. The van der Waals surface area contributed by atoms with Gasteiger partial charge in [-0.3, -0.25) is 9.59 Å². The first-order valence-electron chi connectivity index (χ1n) is 10.7. The van der Waals surface area contributed by atoms with Crippen molar-refractivity contribution < 1.29 is 14.3 Å². The number of nitrogens with zero attached hydrogens (tertiary/aromatic N) is 3. The average Bonchev–Trinajstić information content (AvgIpc) is 3.10. The smallest absolute Gasteiger partial charge is 0.234 e. The molecule has 1 heterocycles. The maximum absolute atomic E-state index is 12.5. The molecule has 2 amide bonds. The molecule has 33 heavy (non-hydrogen) atoms. The molecule has 0 saturated carbocycles. The van der Waals surface area contributed by atoms with Crippen molar-refractivity contribution in [1.29, 1.82) is 0 Å². The summed E-state index contributed by atoms with van der Waals surface area (Å²) in [5.74, 6) is 1.15. The number of ether oxygens (including phenoxy) is 1. The fourth-order valence-electron chi connectivity index (χ4n) is 3.46. The van der Waals surface area contributed by atoms with Crippen LogP contribution in [0.2, 0.25) is 0 Å². The molecule has 0 aliphatic carbocycles. The number of carbonyl (C=O) groups is 2. The Morgan fingerprint density at radius 3 is 2.30 bits per heavy atom. The quantitative estimate of drug-likeness (QED) is 0.461. The molecule has 0 spiro atoms. The number of amides is 2. The van der Waals surface area contributed by atoms with Crippen LogP contribution in [0, 0.1) is 20.8 Å². The van der Waals surface area contributed by atoms with Gasteiger partial charge in [0.1, 0.15) is 11.6 Å². The van der Waals surface area contributed by atoms with Gasteiger partial charge in [0.25, 0.3) is 0 Å². The number of benzene rings is 2. The van der Waals surface area contributed by atoms with Gasteiger partial charge in [-0.25, -0.2) is 0 Å². The van der Waals surface area contributed by atoms with Crippen LogP contribution in [-0.2, 0) is 23.1 Å². The zero-order valence-electron chi connectivity index (χ0n) is 19.6. The molecule has 1 aromatic heterocycles. The molecule has 9 heteroatoms. The van der Waals surface area contributed by atoms with Crippen molar-refractivity contribution >= 4 is 35.0 Å². The number of thioether (sulfide) groups is 1. The van der Waals surface area contributed by atoms with E-state index >= 15 is 0 Å². The van der Waals surface area contributed by atoms with Crippen LogP contribution in [0.4, 0.5) is 11.4 Å². The lowest BCUT2D eigenvalue weighted by Gasteiger charge is -2.12. The number of aromatic nitrogens is 3. The third-order valence-corrected chi connectivity index (χ3v) is 5.99. The summed E-state index contributed by atoms with van der Waals surface area (Å²) in [5.41, 5.74) is 4.75. The standard InChI is InChI=1S/C24H29N5O3S/c1-6-32-19-9-7-18(8-10-19)25-21(30)13-20-27-28-24(29(20)5)33-14-22(31)26-23-16(3)11-15(2)12-17(23)4/h7-12H,6,13-14H2,1-5H3,(H,25,30)(H,26,31). The van der Waals surface area contributed by atoms with E-state index in [-0.39, 0.29) is 24.0 Å². The molecule has 8 nitrogen and oxygen atoms in total. The number of hydrogen-bond donors (Lipinski definition) is 2. The van der Waals surface area contributed by atoms with Crippen LogP contribution < -0.4 is 15.4 Å². The highest BCUT2D eigenvalue weighted by atomic mass is 32.2. The minimum absolute atomic E-state index is 0.0746. The van der Waals surface area contributed by atoms with Crippen LogP contribution in [0.15, 0.2) is 41.6 Å². The molecule has 174 valence electrons. The lowest BCUT2D eigenvalue weighted by Crippen LogP contribution is -2.17. The molecular formula is C24H29N5O3S. The van der Waals surface area contributed by atoms with Crippen LogP contribution in [0.25, 0.3) is 0 Å². The maximum Gasteiger partial charge on any atom is 0.234 e. The van der Waals surface area contributed by atoms with E-state index in [2.05, 4.69) is 20.8 Å². The predicted molar refractivity (Wildman–Crippen MR) is 131 cm³/mol. The van der Waals surface area contributed by atoms with Crippen molar-refractivity contribution in [2.24, 2.45) is 7.05 Å². The van der Waals surface area contributed by atoms with E-state index in [1.54, 1.807) is 35.9 Å². The molecule has 0 aliphatic rings. The van der Waals surface area contributed by atoms with Crippen LogP contribution in [0.1, 0.15) is 29.4 Å². The molecular weight excluding hydrogens is 438 g/mol. The van der Waals surface area contributed by atoms with E-state index < -0.39 is 0 Å². The summed E-state index contributed by atoms with van der Waals surface area (Å²) in [6.07, 6.45) is 0.0746. The van der Waals surface area contributed by atoms with E-state index in [1.165, 1.54) is 11.8 Å². The Hall–Kier alpha value is -3.33. The SMILES string of the molecule is CCOc1ccc(NC(=O)Cc2nnc(SCC(=O)Nc3c(C)cc(C)cc3C)n2C)cc1.